The Hall–Kier alpha value is -2.38. The molecule has 234 valence electrons. The second kappa shape index (κ2) is 13.2. The molecule has 5 nitrogen and oxygen atoms in total. The van der Waals surface area contributed by atoms with E-state index in [0.29, 0.717) is 28.8 Å². The van der Waals surface area contributed by atoms with Crippen molar-refractivity contribution in [1.82, 2.24) is 9.80 Å². The van der Waals surface area contributed by atoms with Gasteiger partial charge < -0.3 is 14.5 Å². The number of amides is 1. The SMILES string of the molecule is CC(C)Oc1cccc(CC(=O)N2CCCC(CCN3CCC4(CC3)c3ccccc3CS4=O)(c3ccc(Cl)c(Cl)c3)C2)c1. The number of nitrogens with zero attached hydrogens (tertiary/aromatic N) is 2. The van der Waals surface area contributed by atoms with E-state index in [0.717, 1.165) is 75.2 Å². The van der Waals surface area contributed by atoms with Gasteiger partial charge in [-0.3, -0.25) is 9.00 Å². The minimum Gasteiger partial charge on any atom is -0.491 e. The smallest absolute Gasteiger partial charge is 0.227 e. The summed E-state index contributed by atoms with van der Waals surface area (Å²) >= 11 is 12.9. The number of benzene rings is 3. The number of rotatable bonds is 8. The Labute approximate surface area is 274 Å². The molecule has 3 aliphatic heterocycles. The van der Waals surface area contributed by atoms with E-state index in [-0.39, 0.29) is 22.2 Å². The predicted octanol–water partition coefficient (Wildman–Crippen LogP) is 7.53. The number of carbonyl (C=O) groups excluding carboxylic acids is 1. The molecular formula is C36H42Cl2N2O3S. The molecule has 0 N–H and O–H groups in total. The summed E-state index contributed by atoms with van der Waals surface area (Å²) in [6, 6.07) is 22.3. The Balaban J connectivity index is 1.17. The molecule has 0 saturated carbocycles. The molecule has 1 spiro atoms. The summed E-state index contributed by atoms with van der Waals surface area (Å²) in [5.74, 6) is 1.61. The van der Waals surface area contributed by atoms with Crippen molar-refractivity contribution < 1.29 is 13.7 Å². The van der Waals surface area contributed by atoms with Crippen LogP contribution in [0.2, 0.25) is 10.0 Å². The Kier molecular flexibility index (Phi) is 9.45. The van der Waals surface area contributed by atoms with Crippen LogP contribution in [0, 0.1) is 0 Å². The van der Waals surface area contributed by atoms with Gasteiger partial charge in [-0.25, -0.2) is 0 Å². The first-order chi connectivity index (χ1) is 21.2. The molecule has 0 aliphatic carbocycles. The Morgan fingerprint density at radius 3 is 2.52 bits per heavy atom. The number of fused-ring (bicyclic) bond motifs is 2. The summed E-state index contributed by atoms with van der Waals surface area (Å²) in [5.41, 5.74) is 4.45. The zero-order valence-electron chi connectivity index (χ0n) is 25.7. The van der Waals surface area contributed by atoms with Crippen molar-refractivity contribution in [2.75, 3.05) is 32.7 Å². The normalized spacial score (nSPS) is 23.2. The minimum absolute atomic E-state index is 0.0800. The monoisotopic (exact) mass is 652 g/mol. The van der Waals surface area contributed by atoms with Gasteiger partial charge in [0.2, 0.25) is 5.91 Å². The fourth-order valence-electron chi connectivity index (χ4n) is 7.54. The molecule has 0 aromatic heterocycles. The van der Waals surface area contributed by atoms with Gasteiger partial charge in [-0.1, -0.05) is 65.7 Å². The number of hydrogen-bond acceptors (Lipinski definition) is 4. The maximum atomic E-state index is 13.7. The van der Waals surface area contributed by atoms with Crippen LogP contribution >= 0.6 is 23.2 Å². The number of carbonyl (C=O) groups is 1. The van der Waals surface area contributed by atoms with Gasteiger partial charge in [0, 0.05) is 35.1 Å². The number of likely N-dealkylation sites (tertiary alicyclic amines) is 2. The third kappa shape index (κ3) is 6.46. The first kappa shape index (κ1) is 31.6. The number of halogens is 2. The van der Waals surface area contributed by atoms with Gasteiger partial charge in [-0.15, -0.1) is 0 Å². The standard InChI is InChI=1S/C36H42Cl2N2O3S/c1-26(2)43-30-9-5-7-27(21-30)22-34(41)40-17-6-13-35(25-40,29-11-12-32(37)33(38)23-29)14-18-39-19-15-36(16-20-39)31-10-4-3-8-28(31)24-44(36)42/h3-5,7-12,21,23,26H,6,13-20,22,24-25H2,1-2H3. The van der Waals surface area contributed by atoms with Crippen LogP contribution < -0.4 is 4.74 Å². The van der Waals surface area contributed by atoms with Crippen LogP contribution in [-0.2, 0) is 37.9 Å². The maximum Gasteiger partial charge on any atom is 0.227 e. The van der Waals surface area contributed by atoms with Gasteiger partial charge in [0.25, 0.3) is 0 Å². The molecule has 1 amide bonds. The highest BCUT2D eigenvalue weighted by atomic mass is 35.5. The summed E-state index contributed by atoms with van der Waals surface area (Å²) < 4.78 is 19.0. The lowest BCUT2D eigenvalue weighted by molar-refractivity contribution is -0.132. The number of ether oxygens (including phenoxy) is 1. The first-order valence-corrected chi connectivity index (χ1v) is 17.9. The van der Waals surface area contributed by atoms with Crippen molar-refractivity contribution in [3.05, 3.63) is 99.0 Å². The van der Waals surface area contributed by atoms with Crippen LogP contribution in [0.15, 0.2) is 66.7 Å². The van der Waals surface area contributed by atoms with Gasteiger partial charge in [0.05, 0.1) is 27.3 Å². The maximum absolute atomic E-state index is 13.7. The molecule has 0 bridgehead atoms. The van der Waals surface area contributed by atoms with Crippen LogP contribution in [0.4, 0.5) is 0 Å². The second-order valence-electron chi connectivity index (χ2n) is 13.1. The molecule has 3 aromatic rings. The van der Waals surface area contributed by atoms with E-state index in [4.69, 9.17) is 27.9 Å². The summed E-state index contributed by atoms with van der Waals surface area (Å²) in [4.78, 5) is 18.3. The van der Waals surface area contributed by atoms with Crippen LogP contribution in [-0.4, -0.2) is 58.7 Å². The van der Waals surface area contributed by atoms with E-state index < -0.39 is 10.8 Å². The average molecular weight is 654 g/mol. The number of hydrogen-bond donors (Lipinski definition) is 0. The van der Waals surface area contributed by atoms with Crippen LogP contribution in [0.1, 0.15) is 68.2 Å². The lowest BCUT2D eigenvalue weighted by atomic mass is 9.71. The molecule has 0 radical (unpaired) electrons. The fraction of sp³-hybridized carbons (Fsp3) is 0.472. The third-order valence-electron chi connectivity index (χ3n) is 9.89. The molecular weight excluding hydrogens is 611 g/mol. The molecule has 8 heteroatoms. The highest BCUT2D eigenvalue weighted by Gasteiger charge is 2.47. The highest BCUT2D eigenvalue weighted by Crippen LogP contribution is 2.47. The molecule has 3 aliphatic rings. The van der Waals surface area contributed by atoms with Crippen molar-refractivity contribution in [2.45, 2.75) is 74.4 Å². The van der Waals surface area contributed by atoms with Crippen molar-refractivity contribution in [2.24, 2.45) is 0 Å². The topological polar surface area (TPSA) is 49.9 Å². The van der Waals surface area contributed by atoms with Gasteiger partial charge in [-0.05, 0) is 112 Å². The summed E-state index contributed by atoms with van der Waals surface area (Å²) in [7, 11) is -0.868. The molecule has 44 heavy (non-hydrogen) atoms. The Morgan fingerprint density at radius 2 is 1.75 bits per heavy atom. The highest BCUT2D eigenvalue weighted by molar-refractivity contribution is 7.85. The quantitative estimate of drug-likeness (QED) is 0.252. The molecule has 3 heterocycles. The van der Waals surface area contributed by atoms with Crippen molar-refractivity contribution in [3.63, 3.8) is 0 Å². The zero-order chi connectivity index (χ0) is 30.9. The molecule has 6 rings (SSSR count). The average Bonchev–Trinajstić information content (AvgIpc) is 3.28. The van der Waals surface area contributed by atoms with Crippen LogP contribution in [0.3, 0.4) is 0 Å². The van der Waals surface area contributed by atoms with E-state index in [1.807, 2.05) is 55.1 Å². The second-order valence-corrected chi connectivity index (χ2v) is 15.6. The van der Waals surface area contributed by atoms with E-state index in [1.165, 1.54) is 11.1 Å². The zero-order valence-corrected chi connectivity index (χ0v) is 28.0. The van der Waals surface area contributed by atoms with Crippen LogP contribution in [0.25, 0.3) is 0 Å². The molecule has 2 saturated heterocycles. The van der Waals surface area contributed by atoms with E-state index in [1.54, 1.807) is 0 Å². The van der Waals surface area contributed by atoms with Gasteiger partial charge >= 0.3 is 0 Å². The minimum atomic E-state index is -0.868. The summed E-state index contributed by atoms with van der Waals surface area (Å²) in [5, 5.41) is 1.10. The van der Waals surface area contributed by atoms with E-state index >= 15 is 0 Å². The number of piperidine rings is 2. The fourth-order valence-corrected chi connectivity index (χ4v) is 9.73. The molecule has 2 fully saturated rings. The van der Waals surface area contributed by atoms with Gasteiger partial charge in [-0.2, -0.15) is 0 Å². The third-order valence-corrected chi connectivity index (χ3v) is 12.7. The summed E-state index contributed by atoms with van der Waals surface area (Å²) in [6.45, 7) is 8.18. The van der Waals surface area contributed by atoms with E-state index in [2.05, 4.69) is 35.2 Å². The Bertz CT molecular complexity index is 1540. The van der Waals surface area contributed by atoms with E-state index in [9.17, 15) is 9.00 Å². The van der Waals surface area contributed by atoms with Crippen LogP contribution in [0.5, 0.6) is 5.75 Å². The van der Waals surface area contributed by atoms with Gasteiger partial charge in [0.15, 0.2) is 0 Å². The lowest BCUT2D eigenvalue weighted by Crippen LogP contribution is -2.51. The van der Waals surface area contributed by atoms with Crippen molar-refractivity contribution in [3.8, 4) is 5.75 Å². The predicted molar refractivity (Wildman–Crippen MR) is 180 cm³/mol. The molecule has 3 aromatic carbocycles. The van der Waals surface area contributed by atoms with Crippen molar-refractivity contribution >= 4 is 39.9 Å². The van der Waals surface area contributed by atoms with Crippen molar-refractivity contribution in [1.29, 1.82) is 0 Å². The molecule has 2 atom stereocenters. The Morgan fingerprint density at radius 1 is 0.955 bits per heavy atom. The lowest BCUT2D eigenvalue weighted by Gasteiger charge is -2.45. The first-order valence-electron chi connectivity index (χ1n) is 15.9. The summed E-state index contributed by atoms with van der Waals surface area (Å²) in [6.07, 6.45) is 5.10. The van der Waals surface area contributed by atoms with Gasteiger partial charge in [0.1, 0.15) is 5.75 Å². The largest absolute Gasteiger partial charge is 0.491 e. The molecule has 2 unspecified atom stereocenters.